The number of hydrogen-bond donors (Lipinski definition) is 0. The fourth-order valence-corrected chi connectivity index (χ4v) is 3.36. The summed E-state index contributed by atoms with van der Waals surface area (Å²) in [7, 11) is 0. The summed E-state index contributed by atoms with van der Waals surface area (Å²) in [6, 6.07) is 13.6. The molecule has 0 unspecified atom stereocenters. The zero-order valence-corrected chi connectivity index (χ0v) is 12.4. The minimum absolute atomic E-state index is 0.133. The van der Waals surface area contributed by atoms with Crippen molar-refractivity contribution in [2.75, 3.05) is 0 Å². The third kappa shape index (κ3) is 2.60. The van der Waals surface area contributed by atoms with E-state index in [9.17, 15) is 4.79 Å². The number of carbonyl (C=O) groups excluding carboxylic acids is 1. The number of carbonyl (C=O) groups is 1. The van der Waals surface area contributed by atoms with Gasteiger partial charge in [-0.2, -0.15) is 0 Å². The van der Waals surface area contributed by atoms with Crippen molar-refractivity contribution >= 4 is 44.0 Å². The number of para-hydroxylation sites is 1. The summed E-state index contributed by atoms with van der Waals surface area (Å²) < 4.78 is 0.979. The van der Waals surface area contributed by atoms with Gasteiger partial charge in [0, 0.05) is 18.0 Å². The van der Waals surface area contributed by atoms with Crippen LogP contribution in [0.1, 0.15) is 15.2 Å². The Hall–Kier alpha value is -1.52. The van der Waals surface area contributed by atoms with Crippen LogP contribution >= 0.6 is 27.3 Å². The molecule has 3 rings (SSSR count). The molecular formula is C15H10BrNOS. The average molecular weight is 332 g/mol. The lowest BCUT2D eigenvalue weighted by Crippen LogP contribution is -2.02. The van der Waals surface area contributed by atoms with E-state index in [0.717, 1.165) is 25.1 Å². The Morgan fingerprint density at radius 1 is 1.16 bits per heavy atom. The predicted octanol–water partition coefficient (Wildman–Crippen LogP) is 4.48. The van der Waals surface area contributed by atoms with Crippen LogP contribution in [0.15, 0.2) is 52.4 Å². The first kappa shape index (κ1) is 12.5. The van der Waals surface area contributed by atoms with Gasteiger partial charge in [-0.05, 0) is 39.7 Å². The van der Waals surface area contributed by atoms with E-state index in [2.05, 4.69) is 20.9 Å². The average Bonchev–Trinajstić information content (AvgIpc) is 2.86. The van der Waals surface area contributed by atoms with E-state index in [0.29, 0.717) is 6.42 Å². The van der Waals surface area contributed by atoms with Gasteiger partial charge in [0.25, 0.3) is 0 Å². The number of benzene rings is 1. The number of Topliss-reactive ketones (excluding diaryl/α,β-unsaturated/α-hetero) is 1. The largest absolute Gasteiger partial charge is 0.293 e. The smallest absolute Gasteiger partial charge is 0.177 e. The van der Waals surface area contributed by atoms with E-state index in [1.54, 1.807) is 6.20 Å². The fourth-order valence-electron chi connectivity index (χ4n) is 2.03. The van der Waals surface area contributed by atoms with Crippen LogP contribution < -0.4 is 0 Å². The predicted molar refractivity (Wildman–Crippen MR) is 81.8 cm³/mol. The van der Waals surface area contributed by atoms with Crippen molar-refractivity contribution in [2.45, 2.75) is 6.42 Å². The zero-order chi connectivity index (χ0) is 13.2. The monoisotopic (exact) mass is 331 g/mol. The fraction of sp³-hybridized carbons (Fsp3) is 0.0667. The van der Waals surface area contributed by atoms with E-state index in [1.807, 2.05) is 42.5 Å². The lowest BCUT2D eigenvalue weighted by Gasteiger charge is -2.04. The quantitative estimate of drug-likeness (QED) is 0.662. The molecule has 4 heteroatoms. The molecule has 0 bridgehead atoms. The molecule has 19 heavy (non-hydrogen) atoms. The van der Waals surface area contributed by atoms with Crippen LogP contribution in [0.25, 0.3) is 10.9 Å². The topological polar surface area (TPSA) is 30.0 Å². The zero-order valence-electron chi connectivity index (χ0n) is 9.97. The summed E-state index contributed by atoms with van der Waals surface area (Å²) in [6.45, 7) is 0. The van der Waals surface area contributed by atoms with Gasteiger partial charge in [0.2, 0.25) is 0 Å². The second-order valence-electron chi connectivity index (χ2n) is 4.20. The van der Waals surface area contributed by atoms with Gasteiger partial charge in [0.05, 0.1) is 14.2 Å². The van der Waals surface area contributed by atoms with E-state index in [-0.39, 0.29) is 5.78 Å². The summed E-state index contributed by atoms with van der Waals surface area (Å²) >= 11 is 4.85. The maximum Gasteiger partial charge on any atom is 0.177 e. The molecule has 2 heterocycles. The van der Waals surface area contributed by atoms with Crippen LogP contribution in [-0.4, -0.2) is 10.8 Å². The minimum atomic E-state index is 0.133. The number of pyridine rings is 1. The molecule has 0 aliphatic heterocycles. The summed E-state index contributed by atoms with van der Waals surface area (Å²) in [5.74, 6) is 0.133. The highest BCUT2D eigenvalue weighted by Gasteiger charge is 2.11. The van der Waals surface area contributed by atoms with E-state index in [4.69, 9.17) is 0 Å². The van der Waals surface area contributed by atoms with Gasteiger partial charge in [-0.25, -0.2) is 0 Å². The van der Waals surface area contributed by atoms with E-state index in [1.165, 1.54) is 11.3 Å². The van der Waals surface area contributed by atoms with Gasteiger partial charge in [-0.15, -0.1) is 11.3 Å². The molecule has 2 aromatic heterocycles. The number of halogens is 1. The minimum Gasteiger partial charge on any atom is -0.293 e. The van der Waals surface area contributed by atoms with Crippen molar-refractivity contribution in [3.05, 3.63) is 62.9 Å². The molecule has 94 valence electrons. The molecule has 0 spiro atoms. The summed E-state index contributed by atoms with van der Waals surface area (Å²) in [4.78, 5) is 17.4. The first-order chi connectivity index (χ1) is 9.24. The van der Waals surface area contributed by atoms with Crippen LogP contribution in [0.2, 0.25) is 0 Å². The second-order valence-corrected chi connectivity index (χ2v) is 6.66. The Labute approximate surface area is 123 Å². The number of hydrogen-bond acceptors (Lipinski definition) is 3. The van der Waals surface area contributed by atoms with E-state index >= 15 is 0 Å². The Morgan fingerprint density at radius 2 is 2.00 bits per heavy atom. The van der Waals surface area contributed by atoms with Gasteiger partial charge in [-0.3, -0.25) is 9.78 Å². The summed E-state index contributed by atoms with van der Waals surface area (Å²) in [5, 5.41) is 1.07. The molecule has 0 saturated carbocycles. The van der Waals surface area contributed by atoms with Crippen molar-refractivity contribution in [2.24, 2.45) is 0 Å². The number of rotatable bonds is 3. The molecule has 0 amide bonds. The molecule has 0 radical (unpaired) electrons. The molecule has 0 aliphatic carbocycles. The summed E-state index contributed by atoms with van der Waals surface area (Å²) in [5.41, 5.74) is 1.89. The molecule has 1 aromatic carbocycles. The number of aromatic nitrogens is 1. The number of thiophene rings is 1. The molecule has 2 nitrogen and oxygen atoms in total. The lowest BCUT2D eigenvalue weighted by molar-refractivity contribution is 0.0997. The third-order valence-electron chi connectivity index (χ3n) is 2.92. The molecule has 0 atom stereocenters. The van der Waals surface area contributed by atoms with Crippen LogP contribution in [-0.2, 0) is 6.42 Å². The van der Waals surface area contributed by atoms with Crippen LogP contribution in [0.3, 0.4) is 0 Å². The van der Waals surface area contributed by atoms with Crippen molar-refractivity contribution in [1.29, 1.82) is 0 Å². The Kier molecular flexibility index (Phi) is 3.44. The Morgan fingerprint density at radius 3 is 2.79 bits per heavy atom. The van der Waals surface area contributed by atoms with E-state index < -0.39 is 0 Å². The normalized spacial score (nSPS) is 10.8. The first-order valence-electron chi connectivity index (χ1n) is 5.85. The maximum absolute atomic E-state index is 12.2. The van der Waals surface area contributed by atoms with Crippen molar-refractivity contribution in [3.8, 4) is 0 Å². The molecule has 0 fully saturated rings. The molecule has 0 aliphatic rings. The highest BCUT2D eigenvalue weighted by atomic mass is 79.9. The lowest BCUT2D eigenvalue weighted by atomic mass is 10.0. The molecule has 0 saturated heterocycles. The maximum atomic E-state index is 12.2. The van der Waals surface area contributed by atoms with Crippen molar-refractivity contribution in [1.82, 2.24) is 4.98 Å². The molecule has 0 N–H and O–H groups in total. The highest BCUT2D eigenvalue weighted by molar-refractivity contribution is 9.11. The van der Waals surface area contributed by atoms with Crippen molar-refractivity contribution < 1.29 is 4.79 Å². The Balaban J connectivity index is 1.95. The second kappa shape index (κ2) is 5.23. The number of ketones is 1. The van der Waals surface area contributed by atoms with Crippen LogP contribution in [0.4, 0.5) is 0 Å². The van der Waals surface area contributed by atoms with Crippen molar-refractivity contribution in [3.63, 3.8) is 0 Å². The number of nitrogens with zero attached hydrogens (tertiary/aromatic N) is 1. The number of fused-ring (bicyclic) bond motifs is 1. The third-order valence-corrected chi connectivity index (χ3v) is 4.58. The molecule has 3 aromatic rings. The highest BCUT2D eigenvalue weighted by Crippen LogP contribution is 2.24. The summed E-state index contributed by atoms with van der Waals surface area (Å²) in [6.07, 6.45) is 2.15. The Bertz CT molecular complexity index is 745. The van der Waals surface area contributed by atoms with Crippen LogP contribution in [0.5, 0.6) is 0 Å². The molecular weight excluding hydrogens is 322 g/mol. The van der Waals surface area contributed by atoms with Gasteiger partial charge in [-0.1, -0.05) is 24.3 Å². The van der Waals surface area contributed by atoms with Gasteiger partial charge >= 0.3 is 0 Å². The van der Waals surface area contributed by atoms with Gasteiger partial charge < -0.3 is 0 Å². The van der Waals surface area contributed by atoms with Crippen LogP contribution in [0, 0.1) is 0 Å². The standard InChI is InChI=1S/C15H10BrNOS/c16-14-7-6-13(19-14)12(18)9-11-4-1-3-10-5-2-8-17-15(10)11/h1-8H,9H2. The van der Waals surface area contributed by atoms with Gasteiger partial charge in [0.1, 0.15) is 0 Å². The van der Waals surface area contributed by atoms with Gasteiger partial charge in [0.15, 0.2) is 5.78 Å². The first-order valence-corrected chi connectivity index (χ1v) is 7.46. The SMILES string of the molecule is O=C(Cc1cccc2cccnc12)c1ccc(Br)s1.